The summed E-state index contributed by atoms with van der Waals surface area (Å²) in [6.07, 6.45) is 4.06. The van der Waals surface area contributed by atoms with Crippen LogP contribution in [0.3, 0.4) is 0 Å². The molecule has 1 aliphatic heterocycles. The first-order valence-electron chi connectivity index (χ1n) is 7.49. The molecule has 20 heavy (non-hydrogen) atoms. The third-order valence-electron chi connectivity index (χ3n) is 3.94. The molecule has 0 radical (unpaired) electrons. The standard InChI is InChI=1S/C16H24Cl2N2/c1-12(11-20-8-4-3-5-9-20)19-13(2)15-7-6-14(17)10-16(15)18/h6-7,10,12-13,19H,3-5,8-9,11H2,1-2H3. The van der Waals surface area contributed by atoms with Crippen LogP contribution in [0, 0.1) is 0 Å². The van der Waals surface area contributed by atoms with Gasteiger partial charge in [0.05, 0.1) is 0 Å². The van der Waals surface area contributed by atoms with E-state index in [1.807, 2.05) is 18.2 Å². The van der Waals surface area contributed by atoms with Gasteiger partial charge in [-0.3, -0.25) is 0 Å². The summed E-state index contributed by atoms with van der Waals surface area (Å²) in [5, 5.41) is 5.06. The molecule has 0 amide bonds. The molecule has 1 aliphatic rings. The van der Waals surface area contributed by atoms with Crippen LogP contribution in [0.5, 0.6) is 0 Å². The zero-order chi connectivity index (χ0) is 14.5. The summed E-state index contributed by atoms with van der Waals surface area (Å²) in [6, 6.07) is 6.41. The average molecular weight is 315 g/mol. The van der Waals surface area contributed by atoms with Crippen molar-refractivity contribution in [2.75, 3.05) is 19.6 Å². The summed E-state index contributed by atoms with van der Waals surface area (Å²) in [5.74, 6) is 0. The molecule has 1 N–H and O–H groups in total. The van der Waals surface area contributed by atoms with Gasteiger partial charge in [0.2, 0.25) is 0 Å². The van der Waals surface area contributed by atoms with Crippen LogP contribution >= 0.6 is 23.2 Å². The summed E-state index contributed by atoms with van der Waals surface area (Å²) in [7, 11) is 0. The van der Waals surface area contributed by atoms with Crippen molar-refractivity contribution in [2.24, 2.45) is 0 Å². The Balaban J connectivity index is 1.87. The lowest BCUT2D eigenvalue weighted by molar-refractivity contribution is 0.205. The molecule has 1 heterocycles. The van der Waals surface area contributed by atoms with E-state index in [0.29, 0.717) is 11.1 Å². The number of hydrogen-bond donors (Lipinski definition) is 1. The van der Waals surface area contributed by atoms with Crippen LogP contribution in [0.15, 0.2) is 18.2 Å². The van der Waals surface area contributed by atoms with Crippen LogP contribution in [0.4, 0.5) is 0 Å². The molecule has 1 aromatic carbocycles. The number of halogens is 2. The normalized spacial score (nSPS) is 19.8. The van der Waals surface area contributed by atoms with Crippen molar-refractivity contribution in [1.29, 1.82) is 0 Å². The first kappa shape index (κ1) is 16.1. The Hall–Kier alpha value is -0.280. The molecule has 0 aliphatic carbocycles. The van der Waals surface area contributed by atoms with E-state index in [0.717, 1.165) is 17.1 Å². The van der Waals surface area contributed by atoms with Gasteiger partial charge in [0.1, 0.15) is 0 Å². The van der Waals surface area contributed by atoms with Crippen LogP contribution in [-0.4, -0.2) is 30.6 Å². The Kier molecular flexibility index (Phi) is 6.16. The Morgan fingerprint density at radius 1 is 1.15 bits per heavy atom. The minimum absolute atomic E-state index is 0.236. The Morgan fingerprint density at radius 3 is 2.50 bits per heavy atom. The lowest BCUT2D eigenvalue weighted by atomic mass is 10.1. The van der Waals surface area contributed by atoms with Crippen LogP contribution in [0.1, 0.15) is 44.7 Å². The molecule has 112 valence electrons. The number of rotatable bonds is 5. The summed E-state index contributed by atoms with van der Waals surface area (Å²) in [6.45, 7) is 7.98. The molecule has 2 nitrogen and oxygen atoms in total. The van der Waals surface area contributed by atoms with E-state index in [9.17, 15) is 0 Å². The van der Waals surface area contributed by atoms with E-state index in [-0.39, 0.29) is 6.04 Å². The van der Waals surface area contributed by atoms with Gasteiger partial charge in [0.25, 0.3) is 0 Å². The van der Waals surface area contributed by atoms with Gasteiger partial charge in [-0.05, 0) is 57.5 Å². The SMILES string of the molecule is CC(CN1CCCCC1)NC(C)c1ccc(Cl)cc1Cl. The molecule has 1 saturated heterocycles. The van der Waals surface area contributed by atoms with Gasteiger partial charge in [-0.1, -0.05) is 35.7 Å². The molecule has 2 atom stereocenters. The monoisotopic (exact) mass is 314 g/mol. The number of piperidine rings is 1. The van der Waals surface area contributed by atoms with E-state index < -0.39 is 0 Å². The van der Waals surface area contributed by atoms with Crippen LogP contribution in [0.25, 0.3) is 0 Å². The number of benzene rings is 1. The number of likely N-dealkylation sites (tertiary alicyclic amines) is 1. The highest BCUT2D eigenvalue weighted by atomic mass is 35.5. The summed E-state index contributed by atoms with van der Waals surface area (Å²) < 4.78 is 0. The van der Waals surface area contributed by atoms with Crippen molar-refractivity contribution in [1.82, 2.24) is 10.2 Å². The zero-order valence-corrected chi connectivity index (χ0v) is 13.8. The van der Waals surface area contributed by atoms with Crippen molar-refractivity contribution in [2.45, 2.75) is 45.2 Å². The van der Waals surface area contributed by atoms with Gasteiger partial charge in [0, 0.05) is 28.7 Å². The van der Waals surface area contributed by atoms with Gasteiger partial charge < -0.3 is 10.2 Å². The summed E-state index contributed by atoms with van der Waals surface area (Å²) in [4.78, 5) is 2.55. The Bertz CT molecular complexity index is 430. The van der Waals surface area contributed by atoms with Crippen molar-refractivity contribution >= 4 is 23.2 Å². The lowest BCUT2D eigenvalue weighted by Gasteiger charge is -2.31. The van der Waals surface area contributed by atoms with Gasteiger partial charge in [-0.2, -0.15) is 0 Å². The van der Waals surface area contributed by atoms with Crippen LogP contribution < -0.4 is 5.32 Å². The van der Waals surface area contributed by atoms with E-state index in [1.54, 1.807) is 0 Å². The molecule has 4 heteroatoms. The third-order valence-corrected chi connectivity index (χ3v) is 4.51. The van der Waals surface area contributed by atoms with Crippen molar-refractivity contribution in [3.63, 3.8) is 0 Å². The lowest BCUT2D eigenvalue weighted by Crippen LogP contribution is -2.42. The largest absolute Gasteiger partial charge is 0.306 e. The number of nitrogens with zero attached hydrogens (tertiary/aromatic N) is 1. The van der Waals surface area contributed by atoms with E-state index in [4.69, 9.17) is 23.2 Å². The molecule has 1 aromatic rings. The van der Waals surface area contributed by atoms with Crippen molar-refractivity contribution in [3.05, 3.63) is 33.8 Å². The molecule has 2 unspecified atom stereocenters. The first-order chi connectivity index (χ1) is 9.56. The fourth-order valence-electron chi connectivity index (χ4n) is 2.95. The van der Waals surface area contributed by atoms with Crippen molar-refractivity contribution in [3.8, 4) is 0 Å². The molecule has 0 saturated carbocycles. The highest BCUT2D eigenvalue weighted by Crippen LogP contribution is 2.26. The number of nitrogens with one attached hydrogen (secondary N) is 1. The molecular formula is C16H24Cl2N2. The topological polar surface area (TPSA) is 15.3 Å². The third kappa shape index (κ3) is 4.63. The maximum Gasteiger partial charge on any atom is 0.0468 e. The minimum Gasteiger partial charge on any atom is -0.306 e. The van der Waals surface area contributed by atoms with Gasteiger partial charge >= 0.3 is 0 Å². The van der Waals surface area contributed by atoms with E-state index in [2.05, 4.69) is 24.1 Å². The summed E-state index contributed by atoms with van der Waals surface area (Å²) >= 11 is 12.2. The molecule has 0 spiro atoms. The summed E-state index contributed by atoms with van der Waals surface area (Å²) in [5.41, 5.74) is 1.11. The quantitative estimate of drug-likeness (QED) is 0.859. The van der Waals surface area contributed by atoms with Gasteiger partial charge in [0.15, 0.2) is 0 Å². The van der Waals surface area contributed by atoms with E-state index in [1.165, 1.54) is 32.4 Å². The second kappa shape index (κ2) is 7.65. The Morgan fingerprint density at radius 2 is 1.85 bits per heavy atom. The minimum atomic E-state index is 0.236. The molecule has 2 rings (SSSR count). The predicted molar refractivity (Wildman–Crippen MR) is 87.8 cm³/mol. The molecule has 0 bridgehead atoms. The molecule has 1 fully saturated rings. The highest BCUT2D eigenvalue weighted by Gasteiger charge is 2.16. The average Bonchev–Trinajstić information content (AvgIpc) is 2.39. The second-order valence-corrected chi connectivity index (χ2v) is 6.66. The predicted octanol–water partition coefficient (Wildman–Crippen LogP) is 4.52. The second-order valence-electron chi connectivity index (χ2n) is 5.82. The van der Waals surface area contributed by atoms with Gasteiger partial charge in [-0.15, -0.1) is 0 Å². The van der Waals surface area contributed by atoms with Crippen molar-refractivity contribution < 1.29 is 0 Å². The zero-order valence-electron chi connectivity index (χ0n) is 12.3. The fraction of sp³-hybridized carbons (Fsp3) is 0.625. The molecule has 0 aromatic heterocycles. The Labute approximate surface area is 132 Å². The van der Waals surface area contributed by atoms with Crippen LogP contribution in [-0.2, 0) is 0 Å². The first-order valence-corrected chi connectivity index (χ1v) is 8.25. The van der Waals surface area contributed by atoms with Crippen LogP contribution in [0.2, 0.25) is 10.0 Å². The maximum atomic E-state index is 6.26. The fourth-order valence-corrected chi connectivity index (χ4v) is 3.52. The van der Waals surface area contributed by atoms with Gasteiger partial charge in [-0.25, -0.2) is 0 Å². The number of hydrogen-bond acceptors (Lipinski definition) is 2. The highest BCUT2D eigenvalue weighted by molar-refractivity contribution is 6.35. The maximum absolute atomic E-state index is 6.26. The van der Waals surface area contributed by atoms with E-state index >= 15 is 0 Å². The molecular weight excluding hydrogens is 291 g/mol. The smallest absolute Gasteiger partial charge is 0.0468 e.